The normalized spacial score (nSPS) is 65.9. The zero-order chi connectivity index (χ0) is 17.4. The zero-order valence-electron chi connectivity index (χ0n) is 16.2. The van der Waals surface area contributed by atoms with Gasteiger partial charge in [-0.15, -0.1) is 0 Å². The van der Waals surface area contributed by atoms with E-state index < -0.39 is 34.2 Å². The molecule has 5 rings (SSSR count). The Balaban J connectivity index is 1.57. The summed E-state index contributed by atoms with van der Waals surface area (Å²) in [7, 11) is -8.43. The summed E-state index contributed by atoms with van der Waals surface area (Å²) in [5.74, 6) is 0. The minimum atomic E-state index is -2.29. The van der Waals surface area contributed by atoms with Gasteiger partial charge < -0.3 is 16.5 Å². The summed E-state index contributed by atoms with van der Waals surface area (Å²) in [5.41, 5.74) is 1.88. The lowest BCUT2D eigenvalue weighted by atomic mass is 9.96. The maximum Gasteiger partial charge on any atom is 0.333 e. The third kappa shape index (κ3) is 1.68. The van der Waals surface area contributed by atoms with E-state index in [0.29, 0.717) is 16.6 Å². The molecule has 0 aromatic rings. The Morgan fingerprint density at radius 1 is 0.750 bits per heavy atom. The third-order valence-electron chi connectivity index (χ3n) is 8.44. The van der Waals surface area contributed by atoms with Crippen LogP contribution in [0.1, 0.15) is 54.9 Å². The number of hydrogen-bond donors (Lipinski definition) is 0. The third-order valence-corrected chi connectivity index (χ3v) is 30.5. The molecule has 5 aliphatic heterocycles. The smallest absolute Gasteiger partial charge is 0.333 e. The molecule has 0 radical (unpaired) electrons. The van der Waals surface area contributed by atoms with Crippen LogP contribution in [-0.4, -0.2) is 34.2 Å². The van der Waals surface area contributed by atoms with Crippen LogP contribution < -0.4 is 0 Å². The van der Waals surface area contributed by atoms with E-state index >= 15 is 0 Å². The summed E-state index contributed by atoms with van der Waals surface area (Å²) in [6.45, 7) is 16.5. The quantitative estimate of drug-likeness (QED) is 0.580. The maximum absolute atomic E-state index is 7.19. The van der Waals surface area contributed by atoms with E-state index in [1.807, 2.05) is 0 Å². The molecule has 0 aliphatic carbocycles. The summed E-state index contributed by atoms with van der Waals surface area (Å²) in [6.07, 6.45) is 1.14. The van der Waals surface area contributed by atoms with Gasteiger partial charge in [-0.1, -0.05) is 48.5 Å². The predicted molar refractivity (Wildman–Crippen MR) is 103 cm³/mol. The Kier molecular flexibility index (Phi) is 2.98. The van der Waals surface area contributed by atoms with Crippen LogP contribution in [0.25, 0.3) is 0 Å². The van der Waals surface area contributed by atoms with E-state index in [1.165, 1.54) is 6.04 Å². The zero-order valence-corrected chi connectivity index (χ0v) is 20.2. The molecule has 5 aliphatic rings. The minimum absolute atomic E-state index is 0.174. The molecule has 0 aromatic heterocycles. The predicted octanol–water partition coefficient (Wildman–Crippen LogP) is 5.01. The van der Waals surface area contributed by atoms with Gasteiger partial charge >= 0.3 is 34.2 Å². The molecule has 8 heteroatoms. The lowest BCUT2D eigenvalue weighted by molar-refractivity contribution is 0.258. The van der Waals surface area contributed by atoms with Crippen LogP contribution in [0.5, 0.6) is 0 Å². The first-order valence-corrected chi connectivity index (χ1v) is 17.9. The van der Waals surface area contributed by atoms with Gasteiger partial charge in [0.2, 0.25) is 0 Å². The number of rotatable bonds is 1. The molecule has 0 saturated carbocycles. The maximum atomic E-state index is 7.19. The van der Waals surface area contributed by atoms with Gasteiger partial charge in [0.15, 0.2) is 0 Å². The lowest BCUT2D eigenvalue weighted by Gasteiger charge is -2.38. The van der Waals surface area contributed by atoms with Gasteiger partial charge in [0, 0.05) is 26.7 Å². The standard InChI is InChI=1S/C16H32O4Si4/c1-8-16(7)15(5,6)24(16)19-22(10-13(22)3)17-21(9-12(21)2)18-23(20-24)11-14(23)4/h12-14H,8-11H2,1-7H3. The van der Waals surface area contributed by atoms with Crippen LogP contribution in [0.15, 0.2) is 0 Å². The Hall–Kier alpha value is 0.708. The summed E-state index contributed by atoms with van der Waals surface area (Å²) < 4.78 is 28.3. The topological polar surface area (TPSA) is 36.9 Å². The summed E-state index contributed by atoms with van der Waals surface area (Å²) in [6, 6.07) is 3.50. The summed E-state index contributed by atoms with van der Waals surface area (Å²) in [5, 5.41) is 0.381. The van der Waals surface area contributed by atoms with E-state index in [0.717, 1.165) is 18.5 Å². The highest BCUT2D eigenvalue weighted by Crippen LogP contribution is 2.86. The average Bonchev–Trinajstić information content (AvgIpc) is 3.42. The van der Waals surface area contributed by atoms with E-state index in [1.54, 1.807) is 0 Å². The molecule has 5 fully saturated rings. The van der Waals surface area contributed by atoms with Gasteiger partial charge in [-0.05, 0) is 24.6 Å². The Labute approximate surface area is 150 Å². The fourth-order valence-corrected chi connectivity index (χ4v) is 33.6. The van der Waals surface area contributed by atoms with Crippen molar-refractivity contribution in [1.29, 1.82) is 0 Å². The molecular formula is C16H32O4Si4. The van der Waals surface area contributed by atoms with Crippen LogP contribution in [0.3, 0.4) is 0 Å². The van der Waals surface area contributed by atoms with Crippen LogP contribution in [0.2, 0.25) is 44.8 Å². The molecule has 0 aromatic carbocycles. The van der Waals surface area contributed by atoms with Gasteiger partial charge in [-0.25, -0.2) is 0 Å². The number of hydrogen-bond acceptors (Lipinski definition) is 4. The molecule has 4 spiro atoms. The molecule has 6 atom stereocenters. The highest BCUT2D eigenvalue weighted by Gasteiger charge is 2.92. The molecule has 136 valence electrons. The molecule has 6 unspecified atom stereocenters. The molecule has 4 nitrogen and oxygen atoms in total. The largest absolute Gasteiger partial charge is 0.415 e. The lowest BCUT2D eigenvalue weighted by Crippen LogP contribution is -2.57. The van der Waals surface area contributed by atoms with Crippen molar-refractivity contribution in [1.82, 2.24) is 0 Å². The van der Waals surface area contributed by atoms with Gasteiger partial charge in [-0.2, -0.15) is 0 Å². The van der Waals surface area contributed by atoms with E-state index in [9.17, 15) is 0 Å². The van der Waals surface area contributed by atoms with Crippen molar-refractivity contribution in [2.24, 2.45) is 0 Å². The SMILES string of the molecule is CCC1(C)C(C)(C)[Si]12O[Si]1(CC1C)O[Si]1(CC1C)O[Si]1(CC1C)O2. The second-order valence-corrected chi connectivity index (χ2v) is 26.0. The van der Waals surface area contributed by atoms with Crippen molar-refractivity contribution in [3.63, 3.8) is 0 Å². The Morgan fingerprint density at radius 2 is 1.08 bits per heavy atom. The van der Waals surface area contributed by atoms with Crippen LogP contribution in [-0.2, 0) is 16.5 Å². The minimum Gasteiger partial charge on any atom is -0.415 e. The first kappa shape index (κ1) is 16.9. The Bertz CT molecular complexity index is 601. The summed E-state index contributed by atoms with van der Waals surface area (Å²) in [4.78, 5) is 0. The molecule has 5 saturated heterocycles. The molecule has 0 N–H and O–H groups in total. The molecular weight excluding hydrogens is 369 g/mol. The highest BCUT2D eigenvalue weighted by molar-refractivity contribution is 7.07. The monoisotopic (exact) mass is 400 g/mol. The first-order valence-electron chi connectivity index (χ1n) is 9.83. The van der Waals surface area contributed by atoms with Gasteiger partial charge in [0.05, 0.1) is 0 Å². The van der Waals surface area contributed by atoms with E-state index in [-0.39, 0.29) is 10.1 Å². The van der Waals surface area contributed by atoms with Crippen molar-refractivity contribution in [2.45, 2.75) is 99.7 Å². The fraction of sp³-hybridized carbons (Fsp3) is 1.00. The van der Waals surface area contributed by atoms with Crippen LogP contribution in [0.4, 0.5) is 0 Å². The average molecular weight is 401 g/mol. The van der Waals surface area contributed by atoms with Gasteiger partial charge in [0.1, 0.15) is 0 Å². The molecule has 5 heterocycles. The van der Waals surface area contributed by atoms with Crippen molar-refractivity contribution >= 4 is 34.2 Å². The summed E-state index contributed by atoms with van der Waals surface area (Å²) >= 11 is 0. The van der Waals surface area contributed by atoms with Crippen molar-refractivity contribution in [3.8, 4) is 0 Å². The van der Waals surface area contributed by atoms with Crippen molar-refractivity contribution in [3.05, 3.63) is 0 Å². The second kappa shape index (κ2) is 4.24. The van der Waals surface area contributed by atoms with Crippen LogP contribution in [0, 0.1) is 0 Å². The van der Waals surface area contributed by atoms with Gasteiger partial charge in [-0.3, -0.25) is 0 Å². The van der Waals surface area contributed by atoms with Crippen LogP contribution >= 0.6 is 0 Å². The Morgan fingerprint density at radius 3 is 1.33 bits per heavy atom. The van der Waals surface area contributed by atoms with E-state index in [2.05, 4.69) is 48.5 Å². The van der Waals surface area contributed by atoms with E-state index in [4.69, 9.17) is 16.5 Å². The fourth-order valence-electron chi connectivity index (χ4n) is 5.35. The molecule has 0 amide bonds. The van der Waals surface area contributed by atoms with Crippen molar-refractivity contribution < 1.29 is 16.5 Å². The molecule has 24 heavy (non-hydrogen) atoms. The molecule has 0 bridgehead atoms. The highest BCUT2D eigenvalue weighted by atomic mass is 28.5. The van der Waals surface area contributed by atoms with Gasteiger partial charge in [0.25, 0.3) is 0 Å². The second-order valence-electron chi connectivity index (χ2n) is 10.1. The van der Waals surface area contributed by atoms with Crippen molar-refractivity contribution in [2.75, 3.05) is 0 Å². The first-order chi connectivity index (χ1) is 11.0.